The van der Waals surface area contributed by atoms with Crippen LogP contribution in [0.15, 0.2) is 72.4 Å². The van der Waals surface area contributed by atoms with E-state index in [4.69, 9.17) is 4.74 Å². The Hall–Kier alpha value is -3.93. The molecule has 6 heteroatoms. The number of hydrogen-bond donors (Lipinski definition) is 1. The van der Waals surface area contributed by atoms with Gasteiger partial charge < -0.3 is 9.84 Å². The fraction of sp³-hybridized carbons (Fsp3) is 0.160. The summed E-state index contributed by atoms with van der Waals surface area (Å²) in [4.78, 5) is 32.0. The molecule has 0 aliphatic carbocycles. The first-order valence-electron chi connectivity index (χ1n) is 9.86. The molecular weight excluding hydrogens is 392 g/mol. The highest BCUT2D eigenvalue weighted by molar-refractivity contribution is 6.51. The summed E-state index contributed by atoms with van der Waals surface area (Å²) in [6.45, 7) is 3.76. The Morgan fingerprint density at radius 3 is 2.48 bits per heavy atom. The van der Waals surface area contributed by atoms with E-state index in [-0.39, 0.29) is 11.3 Å². The zero-order valence-electron chi connectivity index (χ0n) is 17.5. The summed E-state index contributed by atoms with van der Waals surface area (Å²) in [5.41, 5.74) is 3.26. The summed E-state index contributed by atoms with van der Waals surface area (Å²) >= 11 is 0. The third-order valence-electron chi connectivity index (χ3n) is 5.36. The van der Waals surface area contributed by atoms with Crippen LogP contribution in [0.3, 0.4) is 0 Å². The van der Waals surface area contributed by atoms with Gasteiger partial charge in [-0.05, 0) is 67.4 Å². The Labute approximate surface area is 180 Å². The first-order valence-corrected chi connectivity index (χ1v) is 9.86. The first-order chi connectivity index (χ1) is 14.9. The molecule has 156 valence electrons. The number of aliphatic hydroxyl groups is 1. The van der Waals surface area contributed by atoms with Crippen molar-refractivity contribution in [2.45, 2.75) is 19.9 Å². The fourth-order valence-electron chi connectivity index (χ4n) is 3.88. The van der Waals surface area contributed by atoms with Gasteiger partial charge in [0.1, 0.15) is 17.6 Å². The molecule has 0 radical (unpaired) electrons. The molecule has 1 amide bonds. The Balaban J connectivity index is 1.93. The van der Waals surface area contributed by atoms with Crippen molar-refractivity contribution in [2.24, 2.45) is 0 Å². The second-order valence-corrected chi connectivity index (χ2v) is 7.45. The number of methoxy groups -OCH3 is 1. The van der Waals surface area contributed by atoms with Gasteiger partial charge in [0, 0.05) is 17.4 Å². The van der Waals surface area contributed by atoms with Gasteiger partial charge in [0.05, 0.1) is 18.4 Å². The van der Waals surface area contributed by atoms with Crippen LogP contribution in [0.25, 0.3) is 5.76 Å². The van der Waals surface area contributed by atoms with E-state index in [9.17, 15) is 14.7 Å². The van der Waals surface area contributed by atoms with Crippen LogP contribution in [0.1, 0.15) is 28.4 Å². The van der Waals surface area contributed by atoms with Gasteiger partial charge in [0.25, 0.3) is 11.7 Å². The molecule has 4 rings (SSSR count). The molecule has 1 saturated heterocycles. The van der Waals surface area contributed by atoms with E-state index in [1.54, 1.807) is 55.8 Å². The van der Waals surface area contributed by atoms with Crippen molar-refractivity contribution in [1.82, 2.24) is 4.98 Å². The number of benzene rings is 2. The summed E-state index contributed by atoms with van der Waals surface area (Å²) in [7, 11) is 1.57. The molecule has 0 bridgehead atoms. The average molecular weight is 414 g/mol. The second-order valence-electron chi connectivity index (χ2n) is 7.45. The van der Waals surface area contributed by atoms with E-state index in [1.807, 2.05) is 32.0 Å². The number of aromatic nitrogens is 1. The van der Waals surface area contributed by atoms with Gasteiger partial charge in [-0.25, -0.2) is 0 Å². The molecule has 1 aliphatic heterocycles. The van der Waals surface area contributed by atoms with Gasteiger partial charge in [0.2, 0.25) is 0 Å². The molecule has 1 fully saturated rings. The highest BCUT2D eigenvalue weighted by Gasteiger charge is 2.47. The van der Waals surface area contributed by atoms with Crippen LogP contribution in [0.2, 0.25) is 0 Å². The van der Waals surface area contributed by atoms with Crippen LogP contribution in [-0.2, 0) is 9.59 Å². The van der Waals surface area contributed by atoms with Crippen LogP contribution >= 0.6 is 0 Å². The molecule has 31 heavy (non-hydrogen) atoms. The molecule has 0 spiro atoms. The molecule has 1 aliphatic rings. The van der Waals surface area contributed by atoms with Crippen LogP contribution in [0.5, 0.6) is 5.75 Å². The Morgan fingerprint density at radius 2 is 1.84 bits per heavy atom. The lowest BCUT2D eigenvalue weighted by Gasteiger charge is -2.25. The fourth-order valence-corrected chi connectivity index (χ4v) is 3.88. The molecule has 2 heterocycles. The molecule has 3 aromatic rings. The normalized spacial score (nSPS) is 17.8. The standard InChI is InChI=1S/C25H22N2O4/c1-15-7-6-8-18(13-15)27-22(19-9-4-5-12-26-19)21(24(29)25(27)30)23(28)17-10-11-20(31-3)16(2)14-17/h4-14,22,28H,1-3H3/b23-21-. The number of carbonyl (C=O) groups is 2. The Morgan fingerprint density at radius 1 is 1.03 bits per heavy atom. The number of amides is 1. The van der Waals surface area contributed by atoms with Gasteiger partial charge in [-0.15, -0.1) is 0 Å². The third-order valence-corrected chi connectivity index (χ3v) is 5.36. The molecule has 6 nitrogen and oxygen atoms in total. The van der Waals surface area contributed by atoms with Crippen molar-refractivity contribution in [3.8, 4) is 5.75 Å². The number of Topliss-reactive ketones (excluding diaryl/α,β-unsaturated/α-hetero) is 1. The minimum Gasteiger partial charge on any atom is -0.507 e. The minimum atomic E-state index is -0.842. The summed E-state index contributed by atoms with van der Waals surface area (Å²) in [5.74, 6) is -1.02. The van der Waals surface area contributed by atoms with Crippen molar-refractivity contribution in [2.75, 3.05) is 12.0 Å². The zero-order chi connectivity index (χ0) is 22.1. The SMILES string of the molecule is COc1ccc(/C(O)=C2/C(=O)C(=O)N(c3cccc(C)c3)C2c2ccccn2)cc1C. The number of pyridine rings is 1. The van der Waals surface area contributed by atoms with E-state index in [0.29, 0.717) is 22.7 Å². The lowest BCUT2D eigenvalue weighted by molar-refractivity contribution is -0.132. The molecular formula is C25H22N2O4. The van der Waals surface area contributed by atoms with Crippen LogP contribution in [0, 0.1) is 13.8 Å². The highest BCUT2D eigenvalue weighted by Crippen LogP contribution is 2.41. The van der Waals surface area contributed by atoms with Crippen molar-refractivity contribution in [1.29, 1.82) is 0 Å². The van der Waals surface area contributed by atoms with E-state index >= 15 is 0 Å². The predicted octanol–water partition coefficient (Wildman–Crippen LogP) is 4.33. The summed E-state index contributed by atoms with van der Waals surface area (Å²) in [5, 5.41) is 11.2. The van der Waals surface area contributed by atoms with E-state index in [0.717, 1.165) is 11.1 Å². The summed E-state index contributed by atoms with van der Waals surface area (Å²) < 4.78 is 5.28. The molecule has 1 unspecified atom stereocenters. The van der Waals surface area contributed by atoms with E-state index in [2.05, 4.69) is 4.98 Å². The van der Waals surface area contributed by atoms with Crippen molar-refractivity contribution >= 4 is 23.1 Å². The monoisotopic (exact) mass is 414 g/mol. The Kier molecular flexibility index (Phi) is 5.29. The summed E-state index contributed by atoms with van der Waals surface area (Å²) in [6, 6.07) is 16.9. The number of ketones is 1. The maximum Gasteiger partial charge on any atom is 0.300 e. The molecule has 2 aromatic carbocycles. The molecule has 1 atom stereocenters. The lowest BCUT2D eigenvalue weighted by atomic mass is 9.97. The summed E-state index contributed by atoms with van der Waals surface area (Å²) in [6.07, 6.45) is 1.60. The van der Waals surface area contributed by atoms with Crippen LogP contribution < -0.4 is 9.64 Å². The van der Waals surface area contributed by atoms with Gasteiger partial charge in [-0.3, -0.25) is 19.5 Å². The first kappa shape index (κ1) is 20.3. The van der Waals surface area contributed by atoms with Crippen molar-refractivity contribution in [3.05, 3.63) is 94.8 Å². The lowest BCUT2D eigenvalue weighted by Crippen LogP contribution is -2.29. The quantitative estimate of drug-likeness (QED) is 0.390. The third kappa shape index (κ3) is 3.57. The van der Waals surface area contributed by atoms with Crippen LogP contribution in [0.4, 0.5) is 5.69 Å². The van der Waals surface area contributed by atoms with Crippen molar-refractivity contribution < 1.29 is 19.4 Å². The molecule has 1 N–H and O–H groups in total. The van der Waals surface area contributed by atoms with Gasteiger partial charge in [0.15, 0.2) is 0 Å². The minimum absolute atomic E-state index is 0.00905. The molecule has 0 saturated carbocycles. The number of aryl methyl sites for hydroxylation is 2. The van der Waals surface area contributed by atoms with Gasteiger partial charge in [-0.2, -0.15) is 0 Å². The number of hydrogen-bond acceptors (Lipinski definition) is 5. The topological polar surface area (TPSA) is 79.7 Å². The second kappa shape index (κ2) is 8.07. The van der Waals surface area contributed by atoms with Crippen LogP contribution in [-0.4, -0.2) is 28.9 Å². The Bertz CT molecular complexity index is 1200. The maximum absolute atomic E-state index is 13.1. The van der Waals surface area contributed by atoms with E-state index < -0.39 is 17.7 Å². The number of carbonyl (C=O) groups excluding carboxylic acids is 2. The van der Waals surface area contributed by atoms with Gasteiger partial charge >= 0.3 is 0 Å². The van der Waals surface area contributed by atoms with Gasteiger partial charge in [-0.1, -0.05) is 18.2 Å². The number of ether oxygens (including phenoxy) is 1. The highest BCUT2D eigenvalue weighted by atomic mass is 16.5. The number of anilines is 1. The number of aliphatic hydroxyl groups excluding tert-OH is 1. The van der Waals surface area contributed by atoms with Crippen molar-refractivity contribution in [3.63, 3.8) is 0 Å². The number of nitrogens with zero attached hydrogens (tertiary/aromatic N) is 2. The largest absolute Gasteiger partial charge is 0.507 e. The molecule has 1 aromatic heterocycles. The number of rotatable bonds is 4. The average Bonchev–Trinajstić information content (AvgIpc) is 3.04. The maximum atomic E-state index is 13.1. The smallest absolute Gasteiger partial charge is 0.300 e. The van der Waals surface area contributed by atoms with E-state index in [1.165, 1.54) is 4.90 Å². The zero-order valence-corrected chi connectivity index (χ0v) is 17.5. The predicted molar refractivity (Wildman–Crippen MR) is 118 cm³/mol.